The number of ether oxygens (including phenoxy) is 2. The molecule has 0 radical (unpaired) electrons. The number of hydrogen-bond acceptors (Lipinski definition) is 9. The third-order valence-electron chi connectivity index (χ3n) is 4.70. The lowest BCUT2D eigenvalue weighted by Crippen LogP contribution is -2.05. The molecule has 0 aliphatic carbocycles. The van der Waals surface area contributed by atoms with Crippen molar-refractivity contribution in [3.8, 4) is 27.8 Å². The van der Waals surface area contributed by atoms with Gasteiger partial charge in [0, 0.05) is 22.9 Å². The quantitative estimate of drug-likeness (QED) is 0.219. The van der Waals surface area contributed by atoms with Gasteiger partial charge in [0.2, 0.25) is 11.7 Å². The number of nitrogens with zero attached hydrogens (tertiary/aromatic N) is 3. The van der Waals surface area contributed by atoms with E-state index in [1.807, 2.05) is 72.8 Å². The second-order valence-electron chi connectivity index (χ2n) is 7.27. The van der Waals surface area contributed by atoms with E-state index in [-0.39, 0.29) is 0 Å². The minimum atomic E-state index is -1.08. The van der Waals surface area contributed by atoms with Crippen molar-refractivity contribution in [2.75, 3.05) is 19.0 Å². The fraction of sp³-hybridized carbons (Fsp3) is 0.120. The van der Waals surface area contributed by atoms with Crippen LogP contribution in [-0.4, -0.2) is 40.7 Å². The molecule has 0 aliphatic rings. The third-order valence-corrected chi connectivity index (χ3v) is 5.59. The molecule has 10 heteroatoms. The number of carboxylic acids is 1. The highest BCUT2D eigenvalue weighted by molar-refractivity contribution is 7.18. The molecular formula is C25H22N4O5S. The summed E-state index contributed by atoms with van der Waals surface area (Å²) in [6.45, 7) is 1.25. The van der Waals surface area contributed by atoms with Gasteiger partial charge >= 0.3 is 5.97 Å². The number of hydrogen-bond donors (Lipinski definition) is 2. The van der Waals surface area contributed by atoms with E-state index in [9.17, 15) is 4.79 Å². The first-order chi connectivity index (χ1) is 17.0. The Morgan fingerprint density at radius 3 is 2.54 bits per heavy atom. The molecule has 1 heterocycles. The van der Waals surface area contributed by atoms with Crippen LogP contribution >= 0.6 is 11.3 Å². The van der Waals surface area contributed by atoms with Crippen LogP contribution in [-0.2, 0) is 9.63 Å². The first-order valence-corrected chi connectivity index (χ1v) is 11.3. The fourth-order valence-electron chi connectivity index (χ4n) is 3.07. The molecule has 0 aliphatic heterocycles. The highest BCUT2D eigenvalue weighted by atomic mass is 32.1. The molecule has 3 aromatic carbocycles. The van der Waals surface area contributed by atoms with Crippen molar-refractivity contribution in [3.05, 3.63) is 78.4 Å². The van der Waals surface area contributed by atoms with Crippen molar-refractivity contribution >= 4 is 33.8 Å². The molecule has 0 bridgehead atoms. The molecule has 35 heavy (non-hydrogen) atoms. The number of aromatic nitrogens is 2. The van der Waals surface area contributed by atoms with Crippen LogP contribution in [0, 0.1) is 0 Å². The zero-order valence-electron chi connectivity index (χ0n) is 19.0. The van der Waals surface area contributed by atoms with E-state index in [1.54, 1.807) is 14.0 Å². The van der Waals surface area contributed by atoms with E-state index < -0.39 is 12.6 Å². The summed E-state index contributed by atoms with van der Waals surface area (Å²) in [6.07, 6.45) is 0. The van der Waals surface area contributed by atoms with Gasteiger partial charge in [-0.25, -0.2) is 4.79 Å². The summed E-state index contributed by atoms with van der Waals surface area (Å²) in [6, 6.07) is 22.5. The minimum absolute atomic E-state index is 0.491. The van der Waals surface area contributed by atoms with Crippen molar-refractivity contribution in [2.24, 2.45) is 5.16 Å². The summed E-state index contributed by atoms with van der Waals surface area (Å²) in [4.78, 5) is 15.4. The number of aliphatic carboxylic acids is 1. The Morgan fingerprint density at radius 2 is 1.74 bits per heavy atom. The van der Waals surface area contributed by atoms with Crippen LogP contribution in [0.3, 0.4) is 0 Å². The molecule has 0 atom stereocenters. The van der Waals surface area contributed by atoms with Crippen LogP contribution in [0.1, 0.15) is 12.5 Å². The number of carboxylic acid groups (broad SMARTS) is 1. The van der Waals surface area contributed by atoms with Gasteiger partial charge in [0.05, 0.1) is 12.8 Å². The number of benzene rings is 3. The summed E-state index contributed by atoms with van der Waals surface area (Å²) < 4.78 is 11.2. The largest absolute Gasteiger partial charge is 0.497 e. The lowest BCUT2D eigenvalue weighted by atomic mass is 10.1. The average Bonchev–Trinajstić information content (AvgIpc) is 3.33. The predicted molar refractivity (Wildman–Crippen MR) is 134 cm³/mol. The lowest BCUT2D eigenvalue weighted by molar-refractivity contribution is -0.142. The molecular weight excluding hydrogens is 468 g/mol. The van der Waals surface area contributed by atoms with Crippen LogP contribution in [0.15, 0.2) is 78.0 Å². The van der Waals surface area contributed by atoms with Gasteiger partial charge in [0.1, 0.15) is 22.3 Å². The highest BCUT2D eigenvalue weighted by Gasteiger charge is 2.10. The maximum atomic E-state index is 10.6. The van der Waals surface area contributed by atoms with Gasteiger partial charge in [-0.05, 0) is 43.3 Å². The van der Waals surface area contributed by atoms with Crippen molar-refractivity contribution in [1.82, 2.24) is 10.2 Å². The smallest absolute Gasteiger partial charge is 0.344 e. The molecule has 9 nitrogen and oxygen atoms in total. The third kappa shape index (κ3) is 6.55. The summed E-state index contributed by atoms with van der Waals surface area (Å²) in [5, 5.41) is 25.6. The molecule has 1 aromatic heterocycles. The molecule has 0 spiro atoms. The lowest BCUT2D eigenvalue weighted by Gasteiger charge is -2.08. The molecule has 0 unspecified atom stereocenters. The number of oxime groups is 1. The first-order valence-electron chi connectivity index (χ1n) is 10.5. The maximum absolute atomic E-state index is 10.6. The van der Waals surface area contributed by atoms with Crippen molar-refractivity contribution in [1.29, 1.82) is 0 Å². The van der Waals surface area contributed by atoms with Gasteiger partial charge in [-0.1, -0.05) is 46.8 Å². The summed E-state index contributed by atoms with van der Waals surface area (Å²) in [5.74, 6) is 0.986. The summed E-state index contributed by atoms with van der Waals surface area (Å²) >= 11 is 1.40. The Labute approximate surface area is 205 Å². The summed E-state index contributed by atoms with van der Waals surface area (Å²) in [5.41, 5.74) is 3.00. The van der Waals surface area contributed by atoms with Gasteiger partial charge in [0.15, 0.2) is 0 Å². The molecule has 0 fully saturated rings. The van der Waals surface area contributed by atoms with Gasteiger partial charge in [-0.2, -0.15) is 0 Å². The maximum Gasteiger partial charge on any atom is 0.344 e. The Morgan fingerprint density at radius 1 is 1.00 bits per heavy atom. The van der Waals surface area contributed by atoms with Crippen LogP contribution in [0.4, 0.5) is 10.8 Å². The Kier molecular flexibility index (Phi) is 7.53. The monoisotopic (exact) mass is 490 g/mol. The van der Waals surface area contributed by atoms with E-state index in [2.05, 4.69) is 20.7 Å². The van der Waals surface area contributed by atoms with Crippen LogP contribution in [0.2, 0.25) is 0 Å². The zero-order valence-corrected chi connectivity index (χ0v) is 19.8. The standard InChI is InChI=1S/C25H22N4O5S/c1-16(29-33-15-23(30)31)17-6-3-8-19(12-17)26-25-28-27-24(35-25)18-7-4-10-21(13-18)34-22-11-5-9-20(14-22)32-2/h3-14H,15H2,1-2H3,(H,26,28)(H,30,31)/b29-16+. The molecule has 4 rings (SSSR count). The molecule has 0 saturated carbocycles. The second kappa shape index (κ2) is 11.1. The topological polar surface area (TPSA) is 115 Å². The zero-order chi connectivity index (χ0) is 24.6. The number of anilines is 2. The number of methoxy groups -OCH3 is 1. The van der Waals surface area contributed by atoms with Crippen LogP contribution in [0.25, 0.3) is 10.6 Å². The summed E-state index contributed by atoms with van der Waals surface area (Å²) in [7, 11) is 1.61. The first kappa shape index (κ1) is 23.7. The normalized spacial score (nSPS) is 11.1. The van der Waals surface area contributed by atoms with Gasteiger partial charge in [0.25, 0.3) is 0 Å². The predicted octanol–water partition coefficient (Wildman–Crippen LogP) is 5.57. The fourth-order valence-corrected chi connectivity index (χ4v) is 3.83. The van der Waals surface area contributed by atoms with Crippen molar-refractivity contribution in [3.63, 3.8) is 0 Å². The number of nitrogens with one attached hydrogen (secondary N) is 1. The SMILES string of the molecule is COc1cccc(Oc2cccc(-c3nnc(Nc4cccc(/C(C)=N/OCC(=O)O)c4)s3)c2)c1. The van der Waals surface area contributed by atoms with E-state index in [1.165, 1.54) is 11.3 Å². The molecule has 0 saturated heterocycles. The average molecular weight is 491 g/mol. The van der Waals surface area contributed by atoms with E-state index >= 15 is 0 Å². The van der Waals surface area contributed by atoms with Gasteiger partial charge in [-0.3, -0.25) is 0 Å². The van der Waals surface area contributed by atoms with Crippen LogP contribution in [0.5, 0.6) is 17.2 Å². The second-order valence-corrected chi connectivity index (χ2v) is 8.25. The van der Waals surface area contributed by atoms with Crippen molar-refractivity contribution < 1.29 is 24.2 Å². The number of rotatable bonds is 10. The van der Waals surface area contributed by atoms with Gasteiger partial charge < -0.3 is 24.7 Å². The van der Waals surface area contributed by atoms with E-state index in [0.29, 0.717) is 22.3 Å². The minimum Gasteiger partial charge on any atom is -0.497 e. The van der Waals surface area contributed by atoms with Gasteiger partial charge in [-0.15, -0.1) is 10.2 Å². The molecule has 178 valence electrons. The molecule has 2 N–H and O–H groups in total. The van der Waals surface area contributed by atoms with Crippen molar-refractivity contribution in [2.45, 2.75) is 6.92 Å². The Balaban J connectivity index is 1.45. The number of carbonyl (C=O) groups is 1. The Bertz CT molecular complexity index is 1350. The van der Waals surface area contributed by atoms with E-state index in [4.69, 9.17) is 19.4 Å². The Hall–Kier alpha value is -4.44. The molecule has 0 amide bonds. The van der Waals surface area contributed by atoms with Crippen LogP contribution < -0.4 is 14.8 Å². The molecule has 4 aromatic rings. The highest BCUT2D eigenvalue weighted by Crippen LogP contribution is 2.32. The van der Waals surface area contributed by atoms with E-state index in [0.717, 1.165) is 27.6 Å².